The highest BCUT2D eigenvalue weighted by molar-refractivity contribution is 7.92. The summed E-state index contributed by atoms with van der Waals surface area (Å²) < 4.78 is 53.2. The first-order valence-corrected chi connectivity index (χ1v) is 15.6. The molecule has 3 rings (SSSR count). The monoisotopic (exact) mass is 613 g/mol. The number of rotatable bonds is 15. The molecule has 11 heteroatoms. The fourth-order valence-corrected chi connectivity index (χ4v) is 5.82. The largest absolute Gasteiger partial charge is 0.497 e. The highest BCUT2D eigenvalue weighted by atomic mass is 32.2. The Labute approximate surface area is 253 Å². The van der Waals surface area contributed by atoms with Crippen LogP contribution in [0, 0.1) is 11.7 Å². The molecule has 0 spiro atoms. The molecular formula is C32H40FN3O6S. The standard InChI is InChI=1S/C32H40FN3O6S/c1-6-30(32(38)34-20-23(3)4)35(21-24-8-14-27(41-5)15-9-24)31(37)22-36(26-12-16-28(17-13-26)42-7-2)43(39,40)29-18-10-25(33)11-19-29/h8-19,23,30H,6-7,20-22H2,1-5H3,(H,34,38)/t30-/m1/s1. The van der Waals surface area contributed by atoms with Gasteiger partial charge in [-0.3, -0.25) is 13.9 Å². The van der Waals surface area contributed by atoms with Gasteiger partial charge in [-0.1, -0.05) is 32.9 Å². The average molecular weight is 614 g/mol. The molecule has 0 heterocycles. The van der Waals surface area contributed by atoms with Crippen LogP contribution in [0.4, 0.5) is 10.1 Å². The molecular weight excluding hydrogens is 573 g/mol. The topological polar surface area (TPSA) is 105 Å². The van der Waals surface area contributed by atoms with Crippen LogP contribution in [0.2, 0.25) is 0 Å². The SMILES string of the molecule is CCOc1ccc(N(CC(=O)N(Cc2ccc(OC)cc2)[C@H](CC)C(=O)NCC(C)C)S(=O)(=O)c2ccc(F)cc2)cc1. The van der Waals surface area contributed by atoms with E-state index in [4.69, 9.17) is 9.47 Å². The molecule has 0 fully saturated rings. The van der Waals surface area contributed by atoms with Crippen molar-refractivity contribution in [1.82, 2.24) is 10.2 Å². The summed E-state index contributed by atoms with van der Waals surface area (Å²) in [5.41, 5.74) is 0.945. The van der Waals surface area contributed by atoms with E-state index >= 15 is 0 Å². The third kappa shape index (κ3) is 8.93. The number of carbonyl (C=O) groups excluding carboxylic acids is 2. The molecule has 3 aromatic carbocycles. The van der Waals surface area contributed by atoms with E-state index in [-0.39, 0.29) is 29.0 Å². The summed E-state index contributed by atoms with van der Waals surface area (Å²) in [6.07, 6.45) is 0.305. The van der Waals surface area contributed by atoms with Crippen molar-refractivity contribution in [1.29, 1.82) is 0 Å². The first-order valence-electron chi connectivity index (χ1n) is 14.2. The van der Waals surface area contributed by atoms with Gasteiger partial charge in [0.05, 0.1) is 24.3 Å². The molecule has 2 amide bonds. The zero-order valence-electron chi connectivity index (χ0n) is 25.2. The minimum absolute atomic E-state index is 0.0597. The molecule has 3 aromatic rings. The maximum absolute atomic E-state index is 14.1. The maximum Gasteiger partial charge on any atom is 0.264 e. The molecule has 0 aliphatic carbocycles. The predicted molar refractivity (Wildman–Crippen MR) is 164 cm³/mol. The number of methoxy groups -OCH3 is 1. The van der Waals surface area contributed by atoms with Gasteiger partial charge in [-0.25, -0.2) is 12.8 Å². The van der Waals surface area contributed by atoms with Crippen LogP contribution < -0.4 is 19.1 Å². The molecule has 0 saturated heterocycles. The Kier molecular flexibility index (Phi) is 11.9. The van der Waals surface area contributed by atoms with Gasteiger partial charge < -0.3 is 19.7 Å². The Balaban J connectivity index is 2.04. The average Bonchev–Trinajstić information content (AvgIpc) is 2.99. The number of carbonyl (C=O) groups is 2. The van der Waals surface area contributed by atoms with Crippen molar-refractivity contribution in [2.24, 2.45) is 5.92 Å². The number of nitrogens with one attached hydrogen (secondary N) is 1. The van der Waals surface area contributed by atoms with E-state index in [1.54, 1.807) is 62.6 Å². The van der Waals surface area contributed by atoms with E-state index in [0.717, 1.165) is 34.1 Å². The van der Waals surface area contributed by atoms with E-state index in [1.807, 2.05) is 20.8 Å². The second kappa shape index (κ2) is 15.4. The molecule has 0 aromatic heterocycles. The lowest BCUT2D eigenvalue weighted by Gasteiger charge is -2.33. The lowest BCUT2D eigenvalue weighted by molar-refractivity contribution is -0.140. The summed E-state index contributed by atoms with van der Waals surface area (Å²) in [6.45, 7) is 7.88. The van der Waals surface area contributed by atoms with Crippen molar-refractivity contribution < 1.29 is 31.9 Å². The van der Waals surface area contributed by atoms with Crippen molar-refractivity contribution in [3.8, 4) is 11.5 Å². The van der Waals surface area contributed by atoms with E-state index < -0.39 is 34.3 Å². The minimum Gasteiger partial charge on any atom is -0.497 e. The Morgan fingerprint density at radius 2 is 1.51 bits per heavy atom. The number of halogens is 1. The molecule has 0 radical (unpaired) electrons. The molecule has 1 N–H and O–H groups in total. The molecule has 0 aliphatic heterocycles. The van der Waals surface area contributed by atoms with Crippen LogP contribution in [0.5, 0.6) is 11.5 Å². The smallest absolute Gasteiger partial charge is 0.264 e. The predicted octanol–water partition coefficient (Wildman–Crippen LogP) is 5.01. The van der Waals surface area contributed by atoms with Crippen molar-refractivity contribution in [3.63, 3.8) is 0 Å². The summed E-state index contributed by atoms with van der Waals surface area (Å²) in [5, 5.41) is 2.90. The zero-order valence-corrected chi connectivity index (χ0v) is 26.1. The van der Waals surface area contributed by atoms with Crippen molar-refractivity contribution in [3.05, 3.63) is 84.2 Å². The Morgan fingerprint density at radius 1 is 0.907 bits per heavy atom. The number of amides is 2. The summed E-state index contributed by atoms with van der Waals surface area (Å²) >= 11 is 0. The van der Waals surface area contributed by atoms with Gasteiger partial charge in [0.2, 0.25) is 11.8 Å². The quantitative estimate of drug-likeness (QED) is 0.259. The molecule has 43 heavy (non-hydrogen) atoms. The highest BCUT2D eigenvalue weighted by Crippen LogP contribution is 2.27. The molecule has 0 aliphatic rings. The van der Waals surface area contributed by atoms with Gasteiger partial charge in [0.25, 0.3) is 10.0 Å². The minimum atomic E-state index is -4.32. The second-order valence-electron chi connectivity index (χ2n) is 10.3. The first-order chi connectivity index (χ1) is 20.5. The van der Waals surface area contributed by atoms with Crippen LogP contribution in [0.1, 0.15) is 39.7 Å². The van der Waals surface area contributed by atoms with Gasteiger partial charge in [0.15, 0.2) is 0 Å². The Bertz CT molecular complexity index is 1450. The third-order valence-corrected chi connectivity index (χ3v) is 8.49. The summed E-state index contributed by atoms with van der Waals surface area (Å²) in [6, 6.07) is 16.9. The summed E-state index contributed by atoms with van der Waals surface area (Å²) in [4.78, 5) is 28.7. The second-order valence-corrected chi connectivity index (χ2v) is 12.2. The molecule has 0 unspecified atom stereocenters. The van der Waals surface area contributed by atoms with E-state index in [2.05, 4.69) is 5.32 Å². The number of benzene rings is 3. The van der Waals surface area contributed by atoms with E-state index in [1.165, 1.54) is 4.90 Å². The molecule has 9 nitrogen and oxygen atoms in total. The highest BCUT2D eigenvalue weighted by Gasteiger charge is 2.33. The number of hydrogen-bond donors (Lipinski definition) is 1. The lowest BCUT2D eigenvalue weighted by atomic mass is 10.1. The van der Waals surface area contributed by atoms with Crippen LogP contribution in [0.15, 0.2) is 77.7 Å². The number of nitrogens with zero attached hydrogens (tertiary/aromatic N) is 2. The Hall–Kier alpha value is -4.12. The van der Waals surface area contributed by atoms with Gasteiger partial charge in [0.1, 0.15) is 29.9 Å². The summed E-state index contributed by atoms with van der Waals surface area (Å²) in [7, 11) is -2.77. The number of anilines is 1. The van der Waals surface area contributed by atoms with E-state index in [0.29, 0.717) is 31.1 Å². The van der Waals surface area contributed by atoms with Gasteiger partial charge in [-0.05, 0) is 85.5 Å². The molecule has 0 saturated carbocycles. The fraction of sp³-hybridized carbons (Fsp3) is 0.375. The van der Waals surface area contributed by atoms with Crippen LogP contribution in [-0.4, -0.2) is 58.0 Å². The summed E-state index contributed by atoms with van der Waals surface area (Å²) in [5.74, 6) is -0.134. The van der Waals surface area contributed by atoms with Crippen LogP contribution >= 0.6 is 0 Å². The molecule has 0 bridgehead atoms. The number of sulfonamides is 1. The van der Waals surface area contributed by atoms with Crippen LogP contribution in [-0.2, 0) is 26.2 Å². The lowest BCUT2D eigenvalue weighted by Crippen LogP contribution is -2.52. The normalized spacial score (nSPS) is 12.0. The van der Waals surface area contributed by atoms with Gasteiger partial charge in [-0.15, -0.1) is 0 Å². The van der Waals surface area contributed by atoms with Gasteiger partial charge >= 0.3 is 0 Å². The van der Waals surface area contributed by atoms with Crippen molar-refractivity contribution in [2.75, 3.05) is 31.1 Å². The van der Waals surface area contributed by atoms with Gasteiger partial charge in [0, 0.05) is 13.1 Å². The van der Waals surface area contributed by atoms with Gasteiger partial charge in [-0.2, -0.15) is 0 Å². The molecule has 232 valence electrons. The third-order valence-electron chi connectivity index (χ3n) is 6.70. The van der Waals surface area contributed by atoms with Crippen LogP contribution in [0.3, 0.4) is 0 Å². The van der Waals surface area contributed by atoms with E-state index in [9.17, 15) is 22.4 Å². The van der Waals surface area contributed by atoms with Crippen LogP contribution in [0.25, 0.3) is 0 Å². The number of hydrogen-bond acceptors (Lipinski definition) is 6. The zero-order chi connectivity index (χ0) is 31.6. The first kappa shape index (κ1) is 33.4. The molecule has 1 atom stereocenters. The number of ether oxygens (including phenoxy) is 2. The maximum atomic E-state index is 14.1. The van der Waals surface area contributed by atoms with Crippen molar-refractivity contribution in [2.45, 2.75) is 51.6 Å². The Morgan fingerprint density at radius 3 is 2.05 bits per heavy atom. The fourth-order valence-electron chi connectivity index (χ4n) is 4.41. The van der Waals surface area contributed by atoms with Crippen molar-refractivity contribution >= 4 is 27.5 Å².